The topological polar surface area (TPSA) is 50.1 Å². The van der Waals surface area contributed by atoms with Gasteiger partial charge in [0.05, 0.1) is 18.2 Å². The molecule has 0 saturated heterocycles. The Morgan fingerprint density at radius 2 is 2.31 bits per heavy atom. The van der Waals surface area contributed by atoms with Crippen LogP contribution in [0.2, 0.25) is 0 Å². The zero-order valence-corrected chi connectivity index (χ0v) is 10.6. The number of aryl methyl sites for hydroxylation is 1. The van der Waals surface area contributed by atoms with Crippen molar-refractivity contribution in [3.05, 3.63) is 34.9 Å². The first-order valence-corrected chi connectivity index (χ1v) is 6.02. The normalized spacial score (nSPS) is 9.56. The molecule has 1 rings (SSSR count). The van der Waals surface area contributed by atoms with Crippen molar-refractivity contribution in [3.63, 3.8) is 0 Å². The summed E-state index contributed by atoms with van der Waals surface area (Å²) in [4.78, 5) is 11.3. The van der Waals surface area contributed by atoms with E-state index in [1.54, 1.807) is 12.1 Å². The zero-order valence-electron chi connectivity index (χ0n) is 9.00. The molecule has 0 aromatic heterocycles. The van der Waals surface area contributed by atoms with Gasteiger partial charge in [-0.15, -0.1) is 0 Å². The molecule has 4 heteroatoms. The zero-order chi connectivity index (χ0) is 12.0. The largest absolute Gasteiger partial charge is 0.465 e. The lowest BCUT2D eigenvalue weighted by Crippen LogP contribution is -2.04. The number of carbonyl (C=O) groups is 1. The number of halogens is 1. The predicted molar refractivity (Wildman–Crippen MR) is 64.6 cm³/mol. The van der Waals surface area contributed by atoms with E-state index in [4.69, 9.17) is 5.26 Å². The van der Waals surface area contributed by atoms with Crippen LogP contribution < -0.4 is 0 Å². The summed E-state index contributed by atoms with van der Waals surface area (Å²) in [6.45, 7) is 0. The fourth-order valence-electron chi connectivity index (χ4n) is 1.40. The lowest BCUT2D eigenvalue weighted by molar-refractivity contribution is 0.0600. The van der Waals surface area contributed by atoms with Crippen molar-refractivity contribution in [3.8, 4) is 6.07 Å². The molecule has 0 fully saturated rings. The summed E-state index contributed by atoms with van der Waals surface area (Å²) in [6, 6.07) is 7.26. The molecular weight excluding hydrogens is 270 g/mol. The van der Waals surface area contributed by atoms with Crippen molar-refractivity contribution in [1.82, 2.24) is 0 Å². The SMILES string of the molecule is COC(=O)c1ccc(CCCBr)cc1C#N. The molecule has 16 heavy (non-hydrogen) atoms. The Morgan fingerprint density at radius 3 is 2.88 bits per heavy atom. The second kappa shape index (κ2) is 6.29. The number of hydrogen-bond donors (Lipinski definition) is 0. The third-order valence-electron chi connectivity index (χ3n) is 2.21. The molecule has 0 radical (unpaired) electrons. The van der Waals surface area contributed by atoms with E-state index < -0.39 is 5.97 Å². The smallest absolute Gasteiger partial charge is 0.339 e. The Balaban J connectivity index is 2.98. The van der Waals surface area contributed by atoms with Gasteiger partial charge in [-0.1, -0.05) is 22.0 Å². The molecule has 1 aromatic rings. The maximum absolute atomic E-state index is 11.3. The summed E-state index contributed by atoms with van der Waals surface area (Å²) in [5.41, 5.74) is 1.76. The van der Waals surface area contributed by atoms with E-state index in [9.17, 15) is 4.79 Å². The Morgan fingerprint density at radius 1 is 1.56 bits per heavy atom. The maximum Gasteiger partial charge on any atom is 0.339 e. The van der Waals surface area contributed by atoms with Gasteiger partial charge in [0.1, 0.15) is 6.07 Å². The molecule has 0 aliphatic heterocycles. The second-order valence-electron chi connectivity index (χ2n) is 3.28. The first-order chi connectivity index (χ1) is 7.72. The molecule has 0 heterocycles. The minimum absolute atomic E-state index is 0.326. The van der Waals surface area contributed by atoms with Crippen molar-refractivity contribution in [1.29, 1.82) is 5.26 Å². The van der Waals surface area contributed by atoms with E-state index in [1.807, 2.05) is 12.1 Å². The van der Waals surface area contributed by atoms with Crippen LogP contribution in [0, 0.1) is 11.3 Å². The summed E-state index contributed by atoms with van der Waals surface area (Å²) in [5, 5.41) is 9.87. The molecule has 0 N–H and O–H groups in total. The first kappa shape index (κ1) is 12.7. The summed E-state index contributed by atoms with van der Waals surface area (Å²) in [7, 11) is 1.31. The first-order valence-electron chi connectivity index (χ1n) is 4.90. The number of alkyl halides is 1. The van der Waals surface area contributed by atoms with Crippen LogP contribution in [0.3, 0.4) is 0 Å². The van der Waals surface area contributed by atoms with Gasteiger partial charge in [-0.2, -0.15) is 5.26 Å². The number of nitriles is 1. The molecule has 0 aliphatic carbocycles. The quantitative estimate of drug-likeness (QED) is 0.630. The molecule has 0 saturated carbocycles. The summed E-state index contributed by atoms with van der Waals surface area (Å²) in [5.74, 6) is -0.469. The highest BCUT2D eigenvalue weighted by molar-refractivity contribution is 9.09. The number of ether oxygens (including phenoxy) is 1. The number of nitrogens with zero attached hydrogens (tertiary/aromatic N) is 1. The van der Waals surface area contributed by atoms with Gasteiger partial charge in [0.25, 0.3) is 0 Å². The highest BCUT2D eigenvalue weighted by atomic mass is 79.9. The Labute approximate surface area is 103 Å². The van der Waals surface area contributed by atoms with Crippen molar-refractivity contribution in [2.45, 2.75) is 12.8 Å². The summed E-state index contributed by atoms with van der Waals surface area (Å²) in [6.07, 6.45) is 1.89. The highest BCUT2D eigenvalue weighted by Crippen LogP contribution is 2.14. The molecule has 0 aliphatic rings. The lowest BCUT2D eigenvalue weighted by atomic mass is 10.0. The average Bonchev–Trinajstić information content (AvgIpc) is 2.34. The van der Waals surface area contributed by atoms with Crippen LogP contribution in [0.25, 0.3) is 0 Å². The molecule has 0 unspecified atom stereocenters. The standard InChI is InChI=1S/C12H12BrNO2/c1-16-12(15)11-5-4-9(3-2-6-13)7-10(11)8-14/h4-5,7H,2-3,6H2,1H3. The monoisotopic (exact) mass is 281 g/mol. The Bertz CT molecular complexity index is 424. The molecule has 1 aromatic carbocycles. The molecule has 3 nitrogen and oxygen atoms in total. The predicted octanol–water partition coefficient (Wildman–Crippen LogP) is 2.67. The van der Waals surface area contributed by atoms with Gasteiger partial charge in [-0.25, -0.2) is 4.79 Å². The van der Waals surface area contributed by atoms with Gasteiger partial charge in [0.2, 0.25) is 0 Å². The molecule has 84 valence electrons. The van der Waals surface area contributed by atoms with Crippen LogP contribution in [0.5, 0.6) is 0 Å². The fraction of sp³-hybridized carbons (Fsp3) is 0.333. The van der Waals surface area contributed by atoms with Gasteiger partial charge in [0, 0.05) is 5.33 Å². The summed E-state index contributed by atoms with van der Waals surface area (Å²) >= 11 is 3.35. The molecular formula is C12H12BrNO2. The number of benzene rings is 1. The van der Waals surface area contributed by atoms with E-state index in [0.717, 1.165) is 23.7 Å². The average molecular weight is 282 g/mol. The van der Waals surface area contributed by atoms with E-state index in [0.29, 0.717) is 11.1 Å². The number of methoxy groups -OCH3 is 1. The van der Waals surface area contributed by atoms with Crippen molar-refractivity contribution in [2.24, 2.45) is 0 Å². The van der Waals surface area contributed by atoms with Crippen molar-refractivity contribution >= 4 is 21.9 Å². The van der Waals surface area contributed by atoms with E-state index in [-0.39, 0.29) is 0 Å². The highest BCUT2D eigenvalue weighted by Gasteiger charge is 2.11. The van der Waals surface area contributed by atoms with E-state index >= 15 is 0 Å². The minimum atomic E-state index is -0.469. The molecule has 0 amide bonds. The van der Waals surface area contributed by atoms with Crippen molar-refractivity contribution < 1.29 is 9.53 Å². The molecule has 0 bridgehead atoms. The van der Waals surface area contributed by atoms with Crippen LogP contribution >= 0.6 is 15.9 Å². The van der Waals surface area contributed by atoms with Crippen LogP contribution in [0.15, 0.2) is 18.2 Å². The molecule has 0 atom stereocenters. The van der Waals surface area contributed by atoms with Gasteiger partial charge >= 0.3 is 5.97 Å². The number of rotatable bonds is 4. The van der Waals surface area contributed by atoms with Gasteiger partial charge < -0.3 is 4.74 Å². The number of hydrogen-bond acceptors (Lipinski definition) is 3. The Kier molecular flexibility index (Phi) is 5.00. The fourth-order valence-corrected chi connectivity index (χ4v) is 1.68. The minimum Gasteiger partial charge on any atom is -0.465 e. The lowest BCUT2D eigenvalue weighted by Gasteiger charge is -2.04. The van der Waals surface area contributed by atoms with Gasteiger partial charge in [-0.3, -0.25) is 0 Å². The Hall–Kier alpha value is -1.34. The van der Waals surface area contributed by atoms with Crippen LogP contribution in [-0.4, -0.2) is 18.4 Å². The third kappa shape index (κ3) is 3.07. The van der Waals surface area contributed by atoms with Gasteiger partial charge in [0.15, 0.2) is 0 Å². The second-order valence-corrected chi connectivity index (χ2v) is 4.07. The molecule has 0 spiro atoms. The van der Waals surface area contributed by atoms with Crippen molar-refractivity contribution in [2.75, 3.05) is 12.4 Å². The number of carbonyl (C=O) groups excluding carboxylic acids is 1. The van der Waals surface area contributed by atoms with E-state index in [1.165, 1.54) is 7.11 Å². The third-order valence-corrected chi connectivity index (χ3v) is 2.77. The summed E-state index contributed by atoms with van der Waals surface area (Å²) < 4.78 is 4.60. The number of esters is 1. The maximum atomic E-state index is 11.3. The van der Waals surface area contributed by atoms with Crippen LogP contribution in [0.1, 0.15) is 27.9 Å². The van der Waals surface area contributed by atoms with Crippen LogP contribution in [0.4, 0.5) is 0 Å². The van der Waals surface area contributed by atoms with E-state index in [2.05, 4.69) is 20.7 Å². The van der Waals surface area contributed by atoms with Gasteiger partial charge in [-0.05, 0) is 30.5 Å². The van der Waals surface area contributed by atoms with Crippen LogP contribution in [-0.2, 0) is 11.2 Å².